The van der Waals surface area contributed by atoms with Gasteiger partial charge in [-0.1, -0.05) is 0 Å². The molecule has 0 aliphatic carbocycles. The first-order valence-corrected chi connectivity index (χ1v) is 2.74. The minimum absolute atomic E-state index is 0.0394. The summed E-state index contributed by atoms with van der Waals surface area (Å²) in [6.45, 7) is 0.109. The van der Waals surface area contributed by atoms with Gasteiger partial charge in [-0.2, -0.15) is 0 Å². The molecule has 0 radical (unpaired) electrons. The number of rotatable bonds is 2. The molecule has 2 atom stereocenters. The highest BCUT2D eigenvalue weighted by Gasteiger charge is 2.36. The molecule has 1 aliphatic rings. The van der Waals surface area contributed by atoms with Gasteiger partial charge in [-0.25, -0.2) is 0 Å². The van der Waals surface area contributed by atoms with Gasteiger partial charge >= 0.3 is 0 Å². The first-order valence-electron chi connectivity index (χ1n) is 2.20. The number of aliphatic hydroxyl groups is 1. The maximum absolute atomic E-state index is 8.32. The Balaban J connectivity index is 2.06. The van der Waals surface area contributed by atoms with Crippen LogP contribution in [-0.2, 0) is 4.74 Å². The van der Waals surface area contributed by atoms with Crippen LogP contribution in [0.1, 0.15) is 0 Å². The molecule has 0 bridgehead atoms. The van der Waals surface area contributed by atoms with Crippen molar-refractivity contribution in [3.05, 3.63) is 0 Å². The van der Waals surface area contributed by atoms with E-state index in [4.69, 9.17) is 21.4 Å². The zero-order valence-corrected chi connectivity index (χ0v) is 4.56. The molecule has 0 amide bonds. The highest BCUT2D eigenvalue weighted by Crippen LogP contribution is 2.21. The Morgan fingerprint density at radius 1 is 1.57 bits per heavy atom. The van der Waals surface area contributed by atoms with E-state index in [1.165, 1.54) is 0 Å². The quantitative estimate of drug-likeness (QED) is 0.413. The summed E-state index contributed by atoms with van der Waals surface area (Å²) in [4.78, 5) is 0. The molecule has 1 saturated heterocycles. The number of aliphatic hydroxyl groups excluding tert-OH is 1. The van der Waals surface area contributed by atoms with Crippen LogP contribution in [-0.4, -0.2) is 29.8 Å². The Labute approximate surface area is 47.0 Å². The molecule has 0 aromatic rings. The van der Waals surface area contributed by atoms with Crippen molar-refractivity contribution in [1.82, 2.24) is 0 Å². The molecule has 2 unspecified atom stereocenters. The second-order valence-corrected chi connectivity index (χ2v) is 1.86. The van der Waals surface area contributed by atoms with Crippen LogP contribution in [0.25, 0.3) is 0 Å². The third-order valence-corrected chi connectivity index (χ3v) is 1.32. The van der Waals surface area contributed by atoms with Crippen LogP contribution in [0, 0.1) is 0 Å². The number of epoxide rings is 1. The lowest BCUT2D eigenvalue weighted by Gasteiger charge is -1.76. The molecule has 1 rings (SSSR count). The van der Waals surface area contributed by atoms with Crippen LogP contribution in [0.5, 0.6) is 0 Å². The standard InChI is InChI=1S/C4H7ClO2/c5-1-3-4(2-6)7-3/h3-4,6H,1-2H2. The van der Waals surface area contributed by atoms with Gasteiger partial charge in [-0.05, 0) is 0 Å². The summed E-state index contributed by atoms with van der Waals surface area (Å²) < 4.78 is 4.83. The maximum atomic E-state index is 8.32. The average molecular weight is 123 g/mol. The maximum Gasteiger partial charge on any atom is 0.108 e. The van der Waals surface area contributed by atoms with E-state index in [1.807, 2.05) is 0 Å². The number of alkyl halides is 1. The third kappa shape index (κ3) is 1.06. The first kappa shape index (κ1) is 5.35. The van der Waals surface area contributed by atoms with Crippen molar-refractivity contribution < 1.29 is 9.84 Å². The van der Waals surface area contributed by atoms with Crippen molar-refractivity contribution in [3.63, 3.8) is 0 Å². The van der Waals surface area contributed by atoms with Gasteiger partial charge < -0.3 is 9.84 Å². The van der Waals surface area contributed by atoms with E-state index in [0.29, 0.717) is 5.88 Å². The third-order valence-electron chi connectivity index (χ3n) is 1.02. The number of hydrogen-bond acceptors (Lipinski definition) is 2. The molecule has 1 aliphatic heterocycles. The Bertz CT molecular complexity index is 58.7. The molecule has 0 spiro atoms. The Hall–Kier alpha value is 0.210. The summed E-state index contributed by atoms with van der Waals surface area (Å²) in [6.07, 6.45) is 0.171. The minimum Gasteiger partial charge on any atom is -0.394 e. The van der Waals surface area contributed by atoms with Crippen molar-refractivity contribution in [2.45, 2.75) is 12.2 Å². The van der Waals surface area contributed by atoms with Gasteiger partial charge in [0, 0.05) is 0 Å². The molecule has 7 heavy (non-hydrogen) atoms. The van der Waals surface area contributed by atoms with Crippen molar-refractivity contribution in [1.29, 1.82) is 0 Å². The van der Waals surface area contributed by atoms with E-state index in [2.05, 4.69) is 0 Å². The van der Waals surface area contributed by atoms with Crippen LogP contribution in [0.3, 0.4) is 0 Å². The van der Waals surface area contributed by atoms with Crippen LogP contribution >= 0.6 is 11.6 Å². The van der Waals surface area contributed by atoms with Crippen molar-refractivity contribution >= 4 is 11.6 Å². The van der Waals surface area contributed by atoms with E-state index < -0.39 is 0 Å². The van der Waals surface area contributed by atoms with Crippen LogP contribution in [0.2, 0.25) is 0 Å². The second kappa shape index (κ2) is 1.99. The lowest BCUT2D eigenvalue weighted by Crippen LogP contribution is -1.98. The lowest BCUT2D eigenvalue weighted by atomic mass is 10.4. The van der Waals surface area contributed by atoms with Gasteiger partial charge in [0.05, 0.1) is 12.5 Å². The largest absolute Gasteiger partial charge is 0.394 e. The summed E-state index contributed by atoms with van der Waals surface area (Å²) in [5.74, 6) is 0.505. The van der Waals surface area contributed by atoms with Crippen LogP contribution < -0.4 is 0 Å². The Morgan fingerprint density at radius 3 is 2.43 bits per heavy atom. The number of ether oxygens (including phenoxy) is 1. The topological polar surface area (TPSA) is 32.8 Å². The van der Waals surface area contributed by atoms with Gasteiger partial charge in [-0.3, -0.25) is 0 Å². The Kier molecular flexibility index (Phi) is 1.52. The summed E-state index contributed by atoms with van der Waals surface area (Å²) in [7, 11) is 0. The fraction of sp³-hybridized carbons (Fsp3) is 1.00. The summed E-state index contributed by atoms with van der Waals surface area (Å²) in [6, 6.07) is 0. The van der Waals surface area contributed by atoms with E-state index >= 15 is 0 Å². The molecule has 42 valence electrons. The highest BCUT2D eigenvalue weighted by molar-refractivity contribution is 6.18. The van der Waals surface area contributed by atoms with Gasteiger partial charge in [0.15, 0.2) is 0 Å². The smallest absolute Gasteiger partial charge is 0.108 e. The fourth-order valence-corrected chi connectivity index (χ4v) is 0.747. The molecule has 1 heterocycles. The predicted molar refractivity (Wildman–Crippen MR) is 26.5 cm³/mol. The Morgan fingerprint density at radius 2 is 2.29 bits per heavy atom. The minimum atomic E-state index is 0.0394. The molecular formula is C4H7ClO2. The average Bonchev–Trinajstić information content (AvgIpc) is 2.43. The normalized spacial score (nSPS) is 38.6. The monoisotopic (exact) mass is 122 g/mol. The van der Waals surface area contributed by atoms with Gasteiger partial charge in [0.25, 0.3) is 0 Å². The zero-order chi connectivity index (χ0) is 5.28. The molecule has 0 saturated carbocycles. The van der Waals surface area contributed by atoms with E-state index in [0.717, 1.165) is 0 Å². The molecule has 1 N–H and O–H groups in total. The molecule has 3 heteroatoms. The van der Waals surface area contributed by atoms with Crippen LogP contribution in [0.15, 0.2) is 0 Å². The summed E-state index contributed by atoms with van der Waals surface area (Å²) in [5.41, 5.74) is 0. The predicted octanol–water partition coefficient (Wildman–Crippen LogP) is -0.0151. The van der Waals surface area contributed by atoms with E-state index in [-0.39, 0.29) is 18.8 Å². The van der Waals surface area contributed by atoms with Crippen molar-refractivity contribution in [2.75, 3.05) is 12.5 Å². The molecule has 0 aromatic heterocycles. The van der Waals surface area contributed by atoms with Gasteiger partial charge in [0.2, 0.25) is 0 Å². The van der Waals surface area contributed by atoms with Gasteiger partial charge in [0.1, 0.15) is 12.2 Å². The van der Waals surface area contributed by atoms with Crippen molar-refractivity contribution in [3.8, 4) is 0 Å². The van der Waals surface area contributed by atoms with Crippen molar-refractivity contribution in [2.24, 2.45) is 0 Å². The zero-order valence-electron chi connectivity index (χ0n) is 3.80. The number of halogens is 1. The summed E-state index contributed by atoms with van der Waals surface area (Å²) >= 11 is 5.34. The first-order chi connectivity index (χ1) is 3.38. The second-order valence-electron chi connectivity index (χ2n) is 1.55. The molecular weight excluding hydrogens is 115 g/mol. The van der Waals surface area contributed by atoms with E-state index in [9.17, 15) is 0 Å². The van der Waals surface area contributed by atoms with E-state index in [1.54, 1.807) is 0 Å². The molecule has 1 fully saturated rings. The van der Waals surface area contributed by atoms with Gasteiger partial charge in [-0.15, -0.1) is 11.6 Å². The number of hydrogen-bond donors (Lipinski definition) is 1. The molecule has 0 aromatic carbocycles. The fourth-order valence-electron chi connectivity index (χ4n) is 0.475. The lowest BCUT2D eigenvalue weighted by molar-refractivity contribution is 0.242. The highest BCUT2D eigenvalue weighted by atomic mass is 35.5. The van der Waals surface area contributed by atoms with Crippen LogP contribution in [0.4, 0.5) is 0 Å². The SMILES string of the molecule is OCC1OC1CCl. The summed E-state index contributed by atoms with van der Waals surface area (Å²) in [5, 5.41) is 8.32. The molecule has 2 nitrogen and oxygen atoms in total.